The van der Waals surface area contributed by atoms with Gasteiger partial charge in [0.2, 0.25) is 0 Å². The van der Waals surface area contributed by atoms with E-state index >= 15 is 0 Å². The molecular weight excluding hydrogens is 184 g/mol. The molecule has 0 saturated heterocycles. The highest BCUT2D eigenvalue weighted by Crippen LogP contribution is 2.25. The number of hydrogen-bond acceptors (Lipinski definition) is 1. The van der Waals surface area contributed by atoms with Crippen LogP contribution in [0.1, 0.15) is 36.6 Å². The maximum Gasteiger partial charge on any atom is 0.265 e. The molecule has 0 N–H and O–H groups in total. The molecule has 1 rings (SSSR count). The molecule has 1 aromatic rings. The van der Waals surface area contributed by atoms with E-state index in [9.17, 15) is 8.78 Å². The van der Waals surface area contributed by atoms with Crippen molar-refractivity contribution in [3.05, 3.63) is 35.7 Å². The molecule has 1 nitrogen and oxygen atoms in total. The van der Waals surface area contributed by atoms with Gasteiger partial charge in [0.05, 0.1) is 0 Å². The Bertz CT molecular complexity index is 345. The molecule has 0 aliphatic rings. The minimum Gasteiger partial charge on any atom is -0.260 e. The van der Waals surface area contributed by atoms with Crippen LogP contribution in [0.3, 0.4) is 0 Å². The summed E-state index contributed by atoms with van der Waals surface area (Å²) >= 11 is 0. The summed E-state index contributed by atoms with van der Waals surface area (Å²) in [6.07, 6.45) is -0.132. The number of rotatable bonds is 3. The number of pyridine rings is 1. The zero-order chi connectivity index (χ0) is 10.7. The van der Waals surface area contributed by atoms with Crippen LogP contribution in [-0.4, -0.2) is 4.98 Å². The standard InChI is InChI=1S/C11H13F2N/c1-4-7(2)9-5-10(11(12)13)8(3)14-6-9/h5-6,11H,2,4H2,1,3H3. The lowest BCUT2D eigenvalue weighted by Crippen LogP contribution is -1.95. The predicted octanol–water partition coefficient (Wildman–Crippen LogP) is 3.75. The smallest absolute Gasteiger partial charge is 0.260 e. The zero-order valence-electron chi connectivity index (χ0n) is 8.35. The van der Waals surface area contributed by atoms with Gasteiger partial charge in [0.25, 0.3) is 6.43 Å². The molecule has 0 radical (unpaired) electrons. The second kappa shape index (κ2) is 4.31. The Hall–Kier alpha value is -1.25. The van der Waals surface area contributed by atoms with Crippen LogP contribution >= 0.6 is 0 Å². The number of halogens is 2. The maximum absolute atomic E-state index is 12.5. The minimum atomic E-state index is -2.47. The molecule has 14 heavy (non-hydrogen) atoms. The Morgan fingerprint density at radius 1 is 1.57 bits per heavy atom. The Labute approximate surface area is 82.5 Å². The van der Waals surface area contributed by atoms with E-state index in [2.05, 4.69) is 11.6 Å². The van der Waals surface area contributed by atoms with Gasteiger partial charge in [-0.2, -0.15) is 0 Å². The van der Waals surface area contributed by atoms with Crippen LogP contribution in [0.2, 0.25) is 0 Å². The van der Waals surface area contributed by atoms with Gasteiger partial charge in [0.15, 0.2) is 0 Å². The van der Waals surface area contributed by atoms with E-state index in [-0.39, 0.29) is 5.56 Å². The molecule has 0 aliphatic heterocycles. The van der Waals surface area contributed by atoms with Gasteiger partial charge in [-0.15, -0.1) is 0 Å². The molecule has 0 aromatic carbocycles. The monoisotopic (exact) mass is 197 g/mol. The Balaban J connectivity index is 3.13. The van der Waals surface area contributed by atoms with Crippen molar-refractivity contribution >= 4 is 5.57 Å². The highest BCUT2D eigenvalue weighted by molar-refractivity contribution is 5.63. The number of aromatic nitrogens is 1. The number of hydrogen-bond donors (Lipinski definition) is 0. The molecule has 0 fully saturated rings. The van der Waals surface area contributed by atoms with Crippen LogP contribution in [0.15, 0.2) is 18.8 Å². The largest absolute Gasteiger partial charge is 0.265 e. The van der Waals surface area contributed by atoms with E-state index in [0.29, 0.717) is 11.3 Å². The van der Waals surface area contributed by atoms with Gasteiger partial charge in [-0.25, -0.2) is 8.78 Å². The van der Waals surface area contributed by atoms with Crippen molar-refractivity contribution in [1.29, 1.82) is 0 Å². The fourth-order valence-corrected chi connectivity index (χ4v) is 1.17. The molecule has 1 aromatic heterocycles. The van der Waals surface area contributed by atoms with Gasteiger partial charge >= 0.3 is 0 Å². The molecule has 76 valence electrons. The van der Waals surface area contributed by atoms with Crippen LogP contribution in [0.4, 0.5) is 8.78 Å². The van der Waals surface area contributed by atoms with Crippen LogP contribution in [0.5, 0.6) is 0 Å². The van der Waals surface area contributed by atoms with Gasteiger partial charge in [0.1, 0.15) is 0 Å². The Morgan fingerprint density at radius 2 is 2.21 bits per heavy atom. The van der Waals surface area contributed by atoms with Gasteiger partial charge in [-0.1, -0.05) is 13.5 Å². The third-order valence-electron chi connectivity index (χ3n) is 2.20. The summed E-state index contributed by atoms with van der Waals surface area (Å²) in [6.45, 7) is 7.31. The van der Waals surface area contributed by atoms with E-state index in [0.717, 1.165) is 12.0 Å². The van der Waals surface area contributed by atoms with Gasteiger partial charge in [0, 0.05) is 17.5 Å². The summed E-state index contributed by atoms with van der Waals surface area (Å²) in [6, 6.07) is 1.47. The zero-order valence-corrected chi connectivity index (χ0v) is 8.35. The average molecular weight is 197 g/mol. The summed E-state index contributed by atoms with van der Waals surface area (Å²) < 4.78 is 25.0. The third kappa shape index (κ3) is 2.16. The van der Waals surface area contributed by atoms with E-state index in [1.165, 1.54) is 6.07 Å². The molecule has 3 heteroatoms. The van der Waals surface area contributed by atoms with Gasteiger partial charge in [-0.3, -0.25) is 4.98 Å². The number of alkyl halides is 2. The summed E-state index contributed by atoms with van der Waals surface area (Å²) in [4.78, 5) is 3.93. The van der Waals surface area contributed by atoms with Crippen molar-refractivity contribution in [1.82, 2.24) is 4.98 Å². The molecule has 0 saturated carbocycles. The summed E-state index contributed by atoms with van der Waals surface area (Å²) in [7, 11) is 0. The SMILES string of the molecule is C=C(CC)c1cnc(C)c(C(F)F)c1. The minimum absolute atomic E-state index is 0.00269. The summed E-state index contributed by atoms with van der Waals surface area (Å²) in [5.74, 6) is 0. The van der Waals surface area contributed by atoms with E-state index in [1.807, 2.05) is 6.92 Å². The van der Waals surface area contributed by atoms with Crippen LogP contribution in [0, 0.1) is 6.92 Å². The normalized spacial score (nSPS) is 10.6. The fraction of sp³-hybridized carbons (Fsp3) is 0.364. The molecular formula is C11H13F2N. The second-order valence-corrected chi connectivity index (χ2v) is 3.16. The first-order valence-corrected chi connectivity index (χ1v) is 4.49. The topological polar surface area (TPSA) is 12.9 Å². The molecule has 0 aliphatic carbocycles. The van der Waals surface area contributed by atoms with Crippen molar-refractivity contribution < 1.29 is 8.78 Å². The quantitative estimate of drug-likeness (QED) is 0.719. The van der Waals surface area contributed by atoms with Crippen LogP contribution < -0.4 is 0 Å². The van der Waals surface area contributed by atoms with Crippen molar-refractivity contribution in [3.63, 3.8) is 0 Å². The lowest BCUT2D eigenvalue weighted by Gasteiger charge is -2.07. The maximum atomic E-state index is 12.5. The first kappa shape index (κ1) is 10.8. The van der Waals surface area contributed by atoms with Crippen molar-refractivity contribution in [2.75, 3.05) is 0 Å². The van der Waals surface area contributed by atoms with Crippen molar-refractivity contribution in [2.45, 2.75) is 26.7 Å². The third-order valence-corrected chi connectivity index (χ3v) is 2.20. The summed E-state index contributed by atoms with van der Waals surface area (Å²) in [5.41, 5.74) is 1.91. The van der Waals surface area contributed by atoms with Crippen LogP contribution in [-0.2, 0) is 0 Å². The molecule has 0 atom stereocenters. The number of aryl methyl sites for hydroxylation is 1. The Kier molecular flexibility index (Phi) is 3.33. The first-order valence-electron chi connectivity index (χ1n) is 4.49. The fourth-order valence-electron chi connectivity index (χ4n) is 1.17. The first-order chi connectivity index (χ1) is 6.56. The van der Waals surface area contributed by atoms with E-state index in [4.69, 9.17) is 0 Å². The highest BCUT2D eigenvalue weighted by Gasteiger charge is 2.12. The molecule has 0 spiro atoms. The lowest BCUT2D eigenvalue weighted by atomic mass is 10.0. The molecule has 0 unspecified atom stereocenters. The second-order valence-electron chi connectivity index (χ2n) is 3.16. The van der Waals surface area contributed by atoms with Gasteiger partial charge < -0.3 is 0 Å². The predicted molar refractivity (Wildman–Crippen MR) is 53.3 cm³/mol. The molecule has 0 bridgehead atoms. The molecule has 0 amide bonds. The van der Waals surface area contributed by atoms with Crippen molar-refractivity contribution in [2.24, 2.45) is 0 Å². The van der Waals surface area contributed by atoms with Gasteiger partial charge in [-0.05, 0) is 30.5 Å². The average Bonchev–Trinajstić information content (AvgIpc) is 2.17. The number of nitrogens with zero attached hydrogens (tertiary/aromatic N) is 1. The van der Waals surface area contributed by atoms with Crippen LogP contribution in [0.25, 0.3) is 5.57 Å². The van der Waals surface area contributed by atoms with E-state index in [1.54, 1.807) is 13.1 Å². The van der Waals surface area contributed by atoms with E-state index < -0.39 is 6.43 Å². The lowest BCUT2D eigenvalue weighted by molar-refractivity contribution is 0.150. The Morgan fingerprint density at radius 3 is 2.71 bits per heavy atom. The summed E-state index contributed by atoms with van der Waals surface area (Å²) in [5, 5.41) is 0. The highest BCUT2D eigenvalue weighted by atomic mass is 19.3. The van der Waals surface area contributed by atoms with Crippen molar-refractivity contribution in [3.8, 4) is 0 Å². The molecule has 1 heterocycles. The number of allylic oxidation sites excluding steroid dienone is 1.